The summed E-state index contributed by atoms with van der Waals surface area (Å²) in [6, 6.07) is 15.3. The number of carbonyl (C=O) groups excluding carboxylic acids is 2. The maximum absolute atomic E-state index is 13.8. The minimum absolute atomic E-state index is 0.134. The molecule has 1 aromatic heterocycles. The maximum atomic E-state index is 13.8. The van der Waals surface area contributed by atoms with Gasteiger partial charge in [-0.2, -0.15) is 0 Å². The normalized spacial score (nSPS) is 21.6. The van der Waals surface area contributed by atoms with Gasteiger partial charge in [0.05, 0.1) is 7.11 Å². The summed E-state index contributed by atoms with van der Waals surface area (Å²) >= 11 is 0. The number of carbonyl (C=O) groups is 2. The van der Waals surface area contributed by atoms with Crippen LogP contribution in [-0.4, -0.2) is 59.0 Å². The highest BCUT2D eigenvalue weighted by Gasteiger charge is 2.59. The molecule has 0 saturated carbocycles. The number of benzene rings is 2. The Morgan fingerprint density at radius 3 is 2.76 bits per heavy atom. The minimum atomic E-state index is -0.961. The molecule has 34 heavy (non-hydrogen) atoms. The molecule has 2 aliphatic heterocycles. The Morgan fingerprint density at radius 1 is 1.24 bits per heavy atom. The van der Waals surface area contributed by atoms with E-state index in [2.05, 4.69) is 16.9 Å². The highest BCUT2D eigenvalue weighted by molar-refractivity contribution is 6.08. The second kappa shape index (κ2) is 8.65. The summed E-state index contributed by atoms with van der Waals surface area (Å²) in [6.45, 7) is 7.41. The number of ether oxygens (including phenoxy) is 1. The number of hydrogen-bond acceptors (Lipinski definition) is 4. The van der Waals surface area contributed by atoms with Crippen molar-refractivity contribution in [2.75, 3.05) is 26.7 Å². The van der Waals surface area contributed by atoms with Crippen LogP contribution in [0.5, 0.6) is 5.75 Å². The zero-order valence-electron chi connectivity index (χ0n) is 19.6. The van der Waals surface area contributed by atoms with E-state index in [0.717, 1.165) is 33.5 Å². The number of H-pyrrole nitrogens is 1. The minimum Gasteiger partial charge on any atom is -0.497 e. The van der Waals surface area contributed by atoms with E-state index in [9.17, 15) is 9.59 Å². The standard InChI is InChI=1S/C27H30N4O3/c1-4-13-28-14-8-15-30-25(32)27(2)17-21-20-16-19(34-3)11-12-22(20)29-23(21)24(31(27)26(30)33)18-9-6-5-7-10-18/h4-7,9-12,16,24,28-29H,1,8,13-15,17H2,2-3H3/t24-,27+/m1/s1. The van der Waals surface area contributed by atoms with Gasteiger partial charge in [-0.1, -0.05) is 36.4 Å². The molecule has 0 unspecified atom stereocenters. The molecule has 0 spiro atoms. The highest BCUT2D eigenvalue weighted by Crippen LogP contribution is 2.48. The number of methoxy groups -OCH3 is 1. The Bertz CT molecular complexity index is 1250. The van der Waals surface area contributed by atoms with Gasteiger partial charge in [0.25, 0.3) is 5.91 Å². The van der Waals surface area contributed by atoms with Crippen molar-refractivity contribution < 1.29 is 14.3 Å². The van der Waals surface area contributed by atoms with Crippen molar-refractivity contribution in [1.82, 2.24) is 20.1 Å². The van der Waals surface area contributed by atoms with Crippen molar-refractivity contribution in [3.8, 4) is 5.75 Å². The van der Waals surface area contributed by atoms with Crippen LogP contribution >= 0.6 is 0 Å². The molecule has 2 aromatic carbocycles. The fourth-order valence-electron chi connectivity index (χ4n) is 5.36. The van der Waals surface area contributed by atoms with Crippen LogP contribution in [0.4, 0.5) is 4.79 Å². The van der Waals surface area contributed by atoms with Crippen LogP contribution in [0.25, 0.3) is 10.9 Å². The first-order valence-corrected chi connectivity index (χ1v) is 11.7. The molecule has 0 aliphatic carbocycles. The largest absolute Gasteiger partial charge is 0.497 e. The lowest BCUT2D eigenvalue weighted by molar-refractivity contribution is -0.133. The predicted octanol–water partition coefficient (Wildman–Crippen LogP) is 4.01. The van der Waals surface area contributed by atoms with Crippen LogP contribution in [0.2, 0.25) is 0 Å². The number of hydrogen-bond donors (Lipinski definition) is 2. The molecule has 2 aliphatic rings. The van der Waals surface area contributed by atoms with Crippen LogP contribution in [0, 0.1) is 0 Å². The second-order valence-electron chi connectivity index (χ2n) is 9.15. The topological polar surface area (TPSA) is 77.7 Å². The molecule has 3 amide bonds. The summed E-state index contributed by atoms with van der Waals surface area (Å²) in [5.74, 6) is 0.630. The van der Waals surface area contributed by atoms with Crippen LogP contribution in [-0.2, 0) is 11.2 Å². The van der Waals surface area contributed by atoms with E-state index >= 15 is 0 Å². The molecular weight excluding hydrogens is 428 g/mol. The van der Waals surface area contributed by atoms with Crippen LogP contribution in [0.3, 0.4) is 0 Å². The van der Waals surface area contributed by atoms with Gasteiger partial charge in [-0.3, -0.25) is 14.6 Å². The quantitative estimate of drug-likeness (QED) is 0.304. The van der Waals surface area contributed by atoms with Crippen LogP contribution in [0.1, 0.15) is 36.2 Å². The molecule has 0 bridgehead atoms. The van der Waals surface area contributed by atoms with Gasteiger partial charge in [0.1, 0.15) is 17.3 Å². The lowest BCUT2D eigenvalue weighted by atomic mass is 9.81. The van der Waals surface area contributed by atoms with Crippen molar-refractivity contribution in [3.05, 3.63) is 78.0 Å². The summed E-state index contributed by atoms with van der Waals surface area (Å²) in [6.07, 6.45) is 2.94. The molecule has 0 radical (unpaired) electrons. The number of aromatic nitrogens is 1. The smallest absolute Gasteiger partial charge is 0.328 e. The van der Waals surface area contributed by atoms with Gasteiger partial charge in [-0.15, -0.1) is 6.58 Å². The Balaban J connectivity index is 1.59. The number of imide groups is 1. The molecule has 2 atom stereocenters. The zero-order chi connectivity index (χ0) is 23.9. The third-order valence-electron chi connectivity index (χ3n) is 7.01. The first kappa shape index (κ1) is 22.2. The lowest BCUT2D eigenvalue weighted by Crippen LogP contribution is -2.53. The van der Waals surface area contributed by atoms with Crippen LogP contribution < -0.4 is 10.1 Å². The van der Waals surface area contributed by atoms with Crippen molar-refractivity contribution in [3.63, 3.8) is 0 Å². The molecular formula is C27H30N4O3. The molecule has 3 aromatic rings. The summed E-state index contributed by atoms with van der Waals surface area (Å²) in [5, 5.41) is 4.27. The lowest BCUT2D eigenvalue weighted by Gasteiger charge is -2.42. The fourth-order valence-corrected chi connectivity index (χ4v) is 5.36. The molecule has 1 fully saturated rings. The van der Waals surface area contributed by atoms with Crippen molar-refractivity contribution in [1.29, 1.82) is 0 Å². The third-order valence-corrected chi connectivity index (χ3v) is 7.01. The van der Waals surface area contributed by atoms with Crippen molar-refractivity contribution in [2.45, 2.75) is 31.3 Å². The number of nitrogens with zero attached hydrogens (tertiary/aromatic N) is 2. The number of aromatic amines is 1. The summed E-state index contributed by atoms with van der Waals surface area (Å²) in [4.78, 5) is 34.3. The molecule has 2 N–H and O–H groups in total. The molecule has 7 nitrogen and oxygen atoms in total. The van der Waals surface area contributed by atoms with E-state index in [1.807, 2.05) is 55.5 Å². The van der Waals surface area contributed by atoms with E-state index in [1.54, 1.807) is 18.1 Å². The Labute approximate surface area is 199 Å². The monoisotopic (exact) mass is 458 g/mol. The van der Waals surface area contributed by atoms with E-state index in [1.165, 1.54) is 4.90 Å². The predicted molar refractivity (Wildman–Crippen MR) is 132 cm³/mol. The number of rotatable bonds is 8. The Morgan fingerprint density at radius 2 is 2.03 bits per heavy atom. The SMILES string of the molecule is C=CCNCCCN1C(=O)N2[C@H](c3ccccc3)c3[nH]c4ccc(OC)cc4c3C[C@@]2(C)C1=O. The fraction of sp³-hybridized carbons (Fsp3) is 0.333. The molecule has 7 heteroatoms. The van der Waals surface area contributed by atoms with Gasteiger partial charge in [0, 0.05) is 36.1 Å². The summed E-state index contributed by atoms with van der Waals surface area (Å²) < 4.78 is 5.47. The van der Waals surface area contributed by atoms with Crippen LogP contribution in [0.15, 0.2) is 61.2 Å². The summed E-state index contributed by atoms with van der Waals surface area (Å²) in [5.41, 5.74) is 3.02. The van der Waals surface area contributed by atoms with Crippen molar-refractivity contribution in [2.24, 2.45) is 0 Å². The van der Waals surface area contributed by atoms with Gasteiger partial charge in [-0.05, 0) is 49.2 Å². The van der Waals surface area contributed by atoms with E-state index in [0.29, 0.717) is 32.5 Å². The van der Waals surface area contributed by atoms with Crippen molar-refractivity contribution >= 4 is 22.8 Å². The molecule has 1 saturated heterocycles. The van der Waals surface area contributed by atoms with Gasteiger partial charge in [-0.25, -0.2) is 4.79 Å². The number of amides is 3. The molecule has 176 valence electrons. The maximum Gasteiger partial charge on any atom is 0.328 e. The average Bonchev–Trinajstić information content (AvgIpc) is 3.30. The summed E-state index contributed by atoms with van der Waals surface area (Å²) in [7, 11) is 1.65. The number of nitrogens with one attached hydrogen (secondary N) is 2. The second-order valence-corrected chi connectivity index (χ2v) is 9.15. The zero-order valence-corrected chi connectivity index (χ0v) is 19.6. The molecule has 3 heterocycles. The first-order chi connectivity index (χ1) is 16.5. The van der Waals surface area contributed by atoms with Gasteiger partial charge in [0.15, 0.2) is 0 Å². The van der Waals surface area contributed by atoms with E-state index in [4.69, 9.17) is 4.74 Å². The van der Waals surface area contributed by atoms with E-state index in [-0.39, 0.29) is 18.0 Å². The number of urea groups is 1. The van der Waals surface area contributed by atoms with E-state index < -0.39 is 5.54 Å². The highest BCUT2D eigenvalue weighted by atomic mass is 16.5. The average molecular weight is 459 g/mol. The van der Waals surface area contributed by atoms with Gasteiger partial charge in [0.2, 0.25) is 0 Å². The Hall–Kier alpha value is -3.58. The number of fused-ring (bicyclic) bond motifs is 4. The van der Waals surface area contributed by atoms with Gasteiger partial charge >= 0.3 is 6.03 Å². The first-order valence-electron chi connectivity index (χ1n) is 11.7. The third kappa shape index (κ3) is 3.39. The molecule has 5 rings (SSSR count). The van der Waals surface area contributed by atoms with Gasteiger partial charge < -0.3 is 15.0 Å². The Kier molecular flexibility index (Phi) is 5.65.